The summed E-state index contributed by atoms with van der Waals surface area (Å²) in [7, 11) is 0. The van der Waals surface area contributed by atoms with Crippen molar-refractivity contribution in [3.63, 3.8) is 0 Å². The monoisotopic (exact) mass is 448 g/mol. The normalized spacial score (nSPS) is 13.0. The minimum absolute atomic E-state index is 0.128. The number of thiophene rings is 1. The van der Waals surface area contributed by atoms with Crippen LogP contribution >= 0.6 is 35.2 Å². The molecular weight excluding hydrogens is 428 g/mol. The highest BCUT2D eigenvalue weighted by molar-refractivity contribution is 7.80. The maximum Gasteiger partial charge on any atom is 0.341 e. The standard InChI is InChI=1S/C21H21ClN2O3S2/c1-2-27-20(26)18-14-8-4-6-10-16(14)29-19(18)24-21(28)23-17(25)12-11-13-7-3-5-9-15(13)22/h3,5,7,9,11-12H,2,4,6,8,10H2,1H3,(H2,23,24,25,28). The maximum absolute atomic E-state index is 12.5. The van der Waals surface area contributed by atoms with Gasteiger partial charge in [-0.3, -0.25) is 10.1 Å². The number of esters is 1. The molecule has 0 spiro atoms. The fraction of sp³-hybridized carbons (Fsp3) is 0.286. The van der Waals surface area contributed by atoms with E-state index in [4.69, 9.17) is 28.6 Å². The Kier molecular flexibility index (Phi) is 7.41. The molecule has 0 bridgehead atoms. The Morgan fingerprint density at radius 2 is 2.03 bits per heavy atom. The zero-order chi connectivity index (χ0) is 20.8. The fourth-order valence-corrected chi connectivity index (χ4v) is 4.88. The van der Waals surface area contributed by atoms with Crippen LogP contribution in [0.3, 0.4) is 0 Å². The van der Waals surface area contributed by atoms with E-state index < -0.39 is 0 Å². The first kappa shape index (κ1) is 21.5. The number of aryl methyl sites for hydroxylation is 1. The van der Waals surface area contributed by atoms with Crippen LogP contribution in [-0.4, -0.2) is 23.6 Å². The largest absolute Gasteiger partial charge is 0.462 e. The molecule has 0 radical (unpaired) electrons. The summed E-state index contributed by atoms with van der Waals surface area (Å²) in [5, 5.41) is 6.91. The average molecular weight is 449 g/mol. The van der Waals surface area contributed by atoms with Gasteiger partial charge in [-0.15, -0.1) is 11.3 Å². The molecule has 0 saturated heterocycles. The number of nitrogens with one attached hydrogen (secondary N) is 2. The van der Waals surface area contributed by atoms with E-state index in [9.17, 15) is 9.59 Å². The third-order valence-electron chi connectivity index (χ3n) is 4.43. The maximum atomic E-state index is 12.5. The van der Waals surface area contributed by atoms with Gasteiger partial charge in [0.05, 0.1) is 12.2 Å². The lowest BCUT2D eigenvalue weighted by molar-refractivity contribution is -0.115. The smallest absolute Gasteiger partial charge is 0.341 e. The van der Waals surface area contributed by atoms with Gasteiger partial charge < -0.3 is 10.1 Å². The van der Waals surface area contributed by atoms with Crippen LogP contribution in [0.15, 0.2) is 30.3 Å². The van der Waals surface area contributed by atoms with Gasteiger partial charge in [-0.1, -0.05) is 29.8 Å². The van der Waals surface area contributed by atoms with E-state index in [1.807, 2.05) is 18.2 Å². The van der Waals surface area contributed by atoms with Crippen LogP contribution in [0.2, 0.25) is 5.02 Å². The molecule has 8 heteroatoms. The minimum Gasteiger partial charge on any atom is -0.462 e. The third-order valence-corrected chi connectivity index (χ3v) is 6.19. The first-order valence-corrected chi connectivity index (χ1v) is 11.0. The number of amides is 1. The lowest BCUT2D eigenvalue weighted by Crippen LogP contribution is -2.33. The summed E-state index contributed by atoms with van der Waals surface area (Å²) in [6.45, 7) is 2.08. The molecule has 152 valence electrons. The van der Waals surface area contributed by atoms with Crippen molar-refractivity contribution < 1.29 is 14.3 Å². The first-order chi connectivity index (χ1) is 14.0. The van der Waals surface area contributed by atoms with Crippen molar-refractivity contribution in [3.8, 4) is 0 Å². The topological polar surface area (TPSA) is 67.4 Å². The SMILES string of the molecule is CCOC(=O)c1c(NC(=S)NC(=O)C=Cc2ccccc2Cl)sc2c1CCCC2. The van der Waals surface area contributed by atoms with Gasteiger partial charge in [-0.05, 0) is 68.1 Å². The zero-order valence-electron chi connectivity index (χ0n) is 15.9. The molecule has 1 aliphatic rings. The Hall–Kier alpha value is -2.22. The highest BCUT2D eigenvalue weighted by Crippen LogP contribution is 2.38. The number of rotatable bonds is 5. The van der Waals surface area contributed by atoms with Gasteiger partial charge in [0.15, 0.2) is 5.11 Å². The second-order valence-corrected chi connectivity index (χ2v) is 8.35. The zero-order valence-corrected chi connectivity index (χ0v) is 18.3. The molecular formula is C21H21ClN2O3S2. The number of ether oxygens (including phenoxy) is 1. The molecule has 0 aliphatic heterocycles. The summed E-state index contributed by atoms with van der Waals surface area (Å²) in [5.74, 6) is -0.747. The highest BCUT2D eigenvalue weighted by atomic mass is 35.5. The van der Waals surface area contributed by atoms with E-state index in [1.165, 1.54) is 22.3 Å². The average Bonchev–Trinajstić information content (AvgIpc) is 3.05. The summed E-state index contributed by atoms with van der Waals surface area (Å²) in [6.07, 6.45) is 6.91. The first-order valence-electron chi connectivity index (χ1n) is 9.35. The van der Waals surface area contributed by atoms with E-state index in [-0.39, 0.29) is 17.0 Å². The predicted octanol–water partition coefficient (Wildman–Crippen LogP) is 4.98. The van der Waals surface area contributed by atoms with Gasteiger partial charge in [0.2, 0.25) is 5.91 Å². The second-order valence-electron chi connectivity index (χ2n) is 6.43. The van der Waals surface area contributed by atoms with E-state index in [0.717, 1.165) is 36.8 Å². The molecule has 2 aromatic rings. The van der Waals surface area contributed by atoms with Crippen molar-refractivity contribution in [1.82, 2.24) is 5.32 Å². The molecule has 1 aromatic carbocycles. The van der Waals surface area contributed by atoms with Crippen LogP contribution in [0.4, 0.5) is 5.00 Å². The fourth-order valence-electron chi connectivity index (χ4n) is 3.14. The van der Waals surface area contributed by atoms with Crippen LogP contribution in [0, 0.1) is 0 Å². The molecule has 0 unspecified atom stereocenters. The van der Waals surface area contributed by atoms with Gasteiger partial charge in [-0.25, -0.2) is 4.79 Å². The van der Waals surface area contributed by atoms with E-state index >= 15 is 0 Å². The Bertz CT molecular complexity index is 969. The number of thiocarbonyl (C=S) groups is 1. The van der Waals surface area contributed by atoms with Crippen LogP contribution in [0.1, 0.15) is 46.1 Å². The van der Waals surface area contributed by atoms with Crippen LogP contribution in [0.5, 0.6) is 0 Å². The van der Waals surface area contributed by atoms with Crippen molar-refractivity contribution in [3.05, 3.63) is 56.9 Å². The molecule has 0 fully saturated rings. The summed E-state index contributed by atoms with van der Waals surface area (Å²) < 4.78 is 5.23. The number of anilines is 1. The van der Waals surface area contributed by atoms with Crippen LogP contribution in [0.25, 0.3) is 6.08 Å². The molecule has 2 N–H and O–H groups in total. The van der Waals surface area contributed by atoms with Gasteiger partial charge in [0.1, 0.15) is 5.00 Å². The quantitative estimate of drug-likeness (QED) is 0.383. The van der Waals surface area contributed by atoms with Crippen molar-refractivity contribution in [2.75, 3.05) is 11.9 Å². The molecule has 3 rings (SSSR count). The lowest BCUT2D eigenvalue weighted by Gasteiger charge is -2.12. The Balaban J connectivity index is 1.70. The van der Waals surface area contributed by atoms with Gasteiger partial charge in [0, 0.05) is 16.0 Å². The van der Waals surface area contributed by atoms with Crippen LogP contribution in [-0.2, 0) is 22.4 Å². The van der Waals surface area contributed by atoms with Crippen molar-refractivity contribution >= 4 is 63.2 Å². The predicted molar refractivity (Wildman–Crippen MR) is 122 cm³/mol. The van der Waals surface area contributed by atoms with Crippen molar-refractivity contribution in [2.45, 2.75) is 32.6 Å². The molecule has 1 aliphatic carbocycles. The summed E-state index contributed by atoms with van der Waals surface area (Å²) in [4.78, 5) is 25.8. The second kappa shape index (κ2) is 10.0. The number of halogens is 1. The number of carbonyl (C=O) groups is 2. The molecule has 5 nitrogen and oxygen atoms in total. The molecule has 1 heterocycles. The van der Waals surface area contributed by atoms with E-state index in [0.29, 0.717) is 22.2 Å². The number of carbonyl (C=O) groups excluding carboxylic acids is 2. The summed E-state index contributed by atoms with van der Waals surface area (Å²) in [6, 6.07) is 7.22. The number of benzene rings is 1. The summed E-state index contributed by atoms with van der Waals surface area (Å²) in [5.41, 5.74) is 2.31. The molecule has 1 aromatic heterocycles. The van der Waals surface area contributed by atoms with E-state index in [1.54, 1.807) is 19.1 Å². The minimum atomic E-state index is -0.388. The van der Waals surface area contributed by atoms with Crippen molar-refractivity contribution in [2.24, 2.45) is 0 Å². The highest BCUT2D eigenvalue weighted by Gasteiger charge is 2.26. The van der Waals surface area contributed by atoms with Gasteiger partial charge >= 0.3 is 5.97 Å². The van der Waals surface area contributed by atoms with E-state index in [2.05, 4.69) is 10.6 Å². The third kappa shape index (κ3) is 5.44. The molecule has 0 saturated carbocycles. The number of hydrogen-bond donors (Lipinski definition) is 2. The Labute approximate surface area is 184 Å². The van der Waals surface area contributed by atoms with Gasteiger partial charge in [-0.2, -0.15) is 0 Å². The van der Waals surface area contributed by atoms with Crippen LogP contribution < -0.4 is 10.6 Å². The lowest BCUT2D eigenvalue weighted by atomic mass is 9.95. The molecule has 1 amide bonds. The van der Waals surface area contributed by atoms with Crippen molar-refractivity contribution in [1.29, 1.82) is 0 Å². The Morgan fingerprint density at radius 3 is 2.79 bits per heavy atom. The number of hydrogen-bond acceptors (Lipinski definition) is 5. The molecule has 0 atom stereocenters. The van der Waals surface area contributed by atoms with Gasteiger partial charge in [0.25, 0.3) is 0 Å². The number of fused-ring (bicyclic) bond motifs is 1. The molecule has 29 heavy (non-hydrogen) atoms. The summed E-state index contributed by atoms with van der Waals surface area (Å²) >= 11 is 12.8. The Morgan fingerprint density at radius 1 is 1.28 bits per heavy atom.